The average Bonchev–Trinajstić information content (AvgIpc) is 2.77. The summed E-state index contributed by atoms with van der Waals surface area (Å²) in [6, 6.07) is 5.00. The number of fused-ring (bicyclic) bond motifs is 1. The minimum atomic E-state index is 0.605. The summed E-state index contributed by atoms with van der Waals surface area (Å²) in [4.78, 5) is 4.72. The lowest BCUT2D eigenvalue weighted by atomic mass is 10.1. The summed E-state index contributed by atoms with van der Waals surface area (Å²) < 4.78 is 0. The molecule has 0 spiro atoms. The summed E-state index contributed by atoms with van der Waals surface area (Å²) in [5.41, 5.74) is 2.77. The number of aryl methyl sites for hydroxylation is 2. The molecule has 1 aliphatic carbocycles. The maximum atomic E-state index is 4.72. The fraction of sp³-hybridized carbons (Fsp3) is 0.615. The van der Waals surface area contributed by atoms with Crippen LogP contribution in [-0.2, 0) is 12.8 Å². The number of pyridine rings is 1. The maximum absolute atomic E-state index is 4.72. The van der Waals surface area contributed by atoms with Crippen molar-refractivity contribution in [2.24, 2.45) is 0 Å². The molecule has 0 saturated carbocycles. The van der Waals surface area contributed by atoms with Crippen LogP contribution in [0.4, 0.5) is 5.82 Å². The minimum Gasteiger partial charge on any atom is -0.367 e. The number of hydrogen-bond donors (Lipinski definition) is 2. The zero-order valence-corrected chi connectivity index (χ0v) is 9.63. The van der Waals surface area contributed by atoms with Crippen molar-refractivity contribution in [1.29, 1.82) is 0 Å². The first-order chi connectivity index (χ1) is 7.92. The van der Waals surface area contributed by atoms with Gasteiger partial charge in [-0.2, -0.15) is 0 Å². The van der Waals surface area contributed by atoms with Gasteiger partial charge in [0.2, 0.25) is 0 Å². The lowest BCUT2D eigenvalue weighted by Crippen LogP contribution is -2.35. The van der Waals surface area contributed by atoms with E-state index in [1.54, 1.807) is 0 Å². The maximum Gasteiger partial charge on any atom is 0.126 e. The van der Waals surface area contributed by atoms with Crippen molar-refractivity contribution in [2.75, 3.05) is 18.4 Å². The number of aromatic nitrogens is 1. The summed E-state index contributed by atoms with van der Waals surface area (Å²) in [7, 11) is 0. The number of rotatable bonds is 2. The fourth-order valence-corrected chi connectivity index (χ4v) is 2.68. The van der Waals surface area contributed by atoms with Crippen molar-refractivity contribution in [1.82, 2.24) is 10.3 Å². The Bertz CT molecular complexity index is 369. The first-order valence-electron chi connectivity index (χ1n) is 6.38. The summed E-state index contributed by atoms with van der Waals surface area (Å²) in [6.07, 6.45) is 6.07. The van der Waals surface area contributed by atoms with Gasteiger partial charge in [0.1, 0.15) is 5.82 Å². The molecule has 3 nitrogen and oxygen atoms in total. The molecule has 0 bridgehead atoms. The van der Waals surface area contributed by atoms with E-state index < -0.39 is 0 Å². The summed E-state index contributed by atoms with van der Waals surface area (Å²) >= 11 is 0. The van der Waals surface area contributed by atoms with E-state index in [1.165, 1.54) is 36.9 Å². The number of hydrogen-bond acceptors (Lipinski definition) is 3. The van der Waals surface area contributed by atoms with E-state index in [2.05, 4.69) is 22.8 Å². The van der Waals surface area contributed by atoms with E-state index in [0.717, 1.165) is 25.3 Å². The van der Waals surface area contributed by atoms with Gasteiger partial charge in [-0.05, 0) is 56.8 Å². The van der Waals surface area contributed by atoms with Crippen molar-refractivity contribution < 1.29 is 0 Å². The zero-order valence-electron chi connectivity index (χ0n) is 9.63. The third-order valence-corrected chi connectivity index (χ3v) is 3.62. The van der Waals surface area contributed by atoms with E-state index in [-0.39, 0.29) is 0 Å². The van der Waals surface area contributed by atoms with Crippen LogP contribution >= 0.6 is 0 Å². The molecule has 0 radical (unpaired) electrons. The second-order valence-electron chi connectivity index (χ2n) is 4.82. The van der Waals surface area contributed by atoms with Crippen LogP contribution in [0, 0.1) is 0 Å². The van der Waals surface area contributed by atoms with Gasteiger partial charge in [-0.15, -0.1) is 0 Å². The summed E-state index contributed by atoms with van der Waals surface area (Å²) in [6.45, 7) is 2.26. The average molecular weight is 217 g/mol. The highest BCUT2D eigenvalue weighted by atomic mass is 15.0. The van der Waals surface area contributed by atoms with Crippen LogP contribution in [0.3, 0.4) is 0 Å². The molecule has 0 unspecified atom stereocenters. The summed E-state index contributed by atoms with van der Waals surface area (Å²) in [5.74, 6) is 1.08. The van der Waals surface area contributed by atoms with E-state index in [4.69, 9.17) is 4.98 Å². The van der Waals surface area contributed by atoms with Gasteiger partial charge in [-0.25, -0.2) is 4.98 Å². The Morgan fingerprint density at radius 3 is 2.94 bits per heavy atom. The van der Waals surface area contributed by atoms with Crippen LogP contribution in [0.1, 0.15) is 30.5 Å². The Kier molecular flexibility index (Phi) is 2.79. The highest BCUT2D eigenvalue weighted by Gasteiger charge is 2.15. The van der Waals surface area contributed by atoms with Gasteiger partial charge in [-0.3, -0.25) is 0 Å². The fourth-order valence-electron chi connectivity index (χ4n) is 2.68. The van der Waals surface area contributed by atoms with Crippen LogP contribution in [-0.4, -0.2) is 24.1 Å². The molecule has 0 amide bonds. The van der Waals surface area contributed by atoms with Crippen molar-refractivity contribution in [3.8, 4) is 0 Å². The Hall–Kier alpha value is -1.09. The molecule has 1 aromatic rings. The molecular weight excluding hydrogens is 198 g/mol. The van der Waals surface area contributed by atoms with Gasteiger partial charge >= 0.3 is 0 Å². The molecule has 0 aromatic carbocycles. The van der Waals surface area contributed by atoms with Crippen LogP contribution in [0.15, 0.2) is 12.1 Å². The molecule has 3 rings (SSSR count). The second kappa shape index (κ2) is 4.42. The number of nitrogens with one attached hydrogen (secondary N) is 2. The molecule has 0 atom stereocenters. The predicted molar refractivity (Wildman–Crippen MR) is 65.8 cm³/mol. The smallest absolute Gasteiger partial charge is 0.126 e. The van der Waals surface area contributed by atoms with Crippen LogP contribution < -0.4 is 10.6 Å². The minimum absolute atomic E-state index is 0.605. The molecule has 1 saturated heterocycles. The van der Waals surface area contributed by atoms with Gasteiger partial charge in [-0.1, -0.05) is 6.07 Å². The second-order valence-corrected chi connectivity index (χ2v) is 4.82. The molecule has 86 valence electrons. The summed E-state index contributed by atoms with van der Waals surface area (Å²) in [5, 5.41) is 6.94. The lowest BCUT2D eigenvalue weighted by Gasteiger charge is -2.24. The quantitative estimate of drug-likeness (QED) is 0.792. The highest BCUT2D eigenvalue weighted by Crippen LogP contribution is 2.22. The highest BCUT2D eigenvalue weighted by molar-refractivity contribution is 5.41. The molecule has 3 heteroatoms. The molecular formula is C13H19N3. The monoisotopic (exact) mass is 217 g/mol. The molecule has 1 aromatic heterocycles. The predicted octanol–water partition coefficient (Wildman–Crippen LogP) is 1.73. The van der Waals surface area contributed by atoms with Gasteiger partial charge in [0, 0.05) is 11.7 Å². The van der Waals surface area contributed by atoms with E-state index in [1.807, 2.05) is 0 Å². The van der Waals surface area contributed by atoms with Crippen molar-refractivity contribution in [2.45, 2.75) is 38.1 Å². The van der Waals surface area contributed by atoms with E-state index >= 15 is 0 Å². The number of anilines is 1. The van der Waals surface area contributed by atoms with Crippen molar-refractivity contribution in [3.63, 3.8) is 0 Å². The lowest BCUT2D eigenvalue weighted by molar-refractivity contribution is 0.478. The van der Waals surface area contributed by atoms with E-state index in [9.17, 15) is 0 Å². The normalized spacial score (nSPS) is 20.8. The molecule has 1 fully saturated rings. The van der Waals surface area contributed by atoms with Crippen LogP contribution in [0.25, 0.3) is 0 Å². The zero-order chi connectivity index (χ0) is 10.8. The van der Waals surface area contributed by atoms with Gasteiger partial charge in [0.15, 0.2) is 0 Å². The number of nitrogens with zero attached hydrogens (tertiary/aromatic N) is 1. The first-order valence-corrected chi connectivity index (χ1v) is 6.38. The van der Waals surface area contributed by atoms with Gasteiger partial charge < -0.3 is 10.6 Å². The topological polar surface area (TPSA) is 37.0 Å². The largest absolute Gasteiger partial charge is 0.367 e. The molecule has 2 aliphatic rings. The Balaban J connectivity index is 1.69. The standard InChI is InChI=1S/C13H19N3/c1-2-10-4-5-13(16-12(10)3-1)15-11-6-8-14-9-7-11/h4-5,11,14H,1-3,6-9H2,(H,15,16). The van der Waals surface area contributed by atoms with Gasteiger partial charge in [0.05, 0.1) is 0 Å². The Labute approximate surface area is 96.7 Å². The first kappa shape index (κ1) is 10.1. The third kappa shape index (κ3) is 2.05. The number of piperidine rings is 1. The Morgan fingerprint density at radius 1 is 1.19 bits per heavy atom. The SMILES string of the molecule is c1cc2c(nc1NC1CCNCC1)CCC2. The van der Waals surface area contributed by atoms with E-state index in [0.29, 0.717) is 6.04 Å². The molecule has 16 heavy (non-hydrogen) atoms. The Morgan fingerprint density at radius 2 is 2.06 bits per heavy atom. The van der Waals surface area contributed by atoms with Crippen LogP contribution in [0.5, 0.6) is 0 Å². The third-order valence-electron chi connectivity index (χ3n) is 3.62. The molecule has 2 N–H and O–H groups in total. The van der Waals surface area contributed by atoms with Gasteiger partial charge in [0.25, 0.3) is 0 Å². The van der Waals surface area contributed by atoms with Crippen molar-refractivity contribution in [3.05, 3.63) is 23.4 Å². The van der Waals surface area contributed by atoms with Crippen molar-refractivity contribution >= 4 is 5.82 Å². The molecule has 2 heterocycles. The molecule has 1 aliphatic heterocycles. The van der Waals surface area contributed by atoms with Crippen LogP contribution in [0.2, 0.25) is 0 Å².